The van der Waals surface area contributed by atoms with Crippen molar-refractivity contribution in [2.45, 2.75) is 19.8 Å². The average Bonchev–Trinajstić information content (AvgIpc) is 3.10. The maximum absolute atomic E-state index is 12.5. The van der Waals surface area contributed by atoms with Gasteiger partial charge >= 0.3 is 0 Å². The van der Waals surface area contributed by atoms with Crippen LogP contribution in [0, 0.1) is 0 Å². The van der Waals surface area contributed by atoms with Crippen LogP contribution in [0.3, 0.4) is 0 Å². The Balaban J connectivity index is 1.80. The summed E-state index contributed by atoms with van der Waals surface area (Å²) in [6.07, 6.45) is 4.43. The van der Waals surface area contributed by atoms with Gasteiger partial charge in [0.25, 0.3) is 0 Å². The molecule has 3 rings (SSSR count). The van der Waals surface area contributed by atoms with E-state index >= 15 is 0 Å². The third-order valence-electron chi connectivity index (χ3n) is 4.29. The topological polar surface area (TPSA) is 66.8 Å². The van der Waals surface area contributed by atoms with Gasteiger partial charge < -0.3 is 14.7 Å². The largest absolute Gasteiger partial charge is 0.503 e. The summed E-state index contributed by atoms with van der Waals surface area (Å²) < 4.78 is 5.34. The Morgan fingerprint density at radius 3 is 2.85 bits per heavy atom. The van der Waals surface area contributed by atoms with E-state index in [2.05, 4.69) is 0 Å². The second-order valence-electron chi connectivity index (χ2n) is 6.18. The number of rotatable bonds is 6. The van der Waals surface area contributed by atoms with E-state index in [1.165, 1.54) is 6.08 Å². The van der Waals surface area contributed by atoms with Crippen LogP contribution in [0.2, 0.25) is 5.02 Å². The van der Waals surface area contributed by atoms with E-state index in [1.54, 1.807) is 48.2 Å². The molecule has 0 unspecified atom stereocenters. The van der Waals surface area contributed by atoms with Crippen LogP contribution in [0.5, 0.6) is 11.5 Å². The van der Waals surface area contributed by atoms with Gasteiger partial charge in [0.1, 0.15) is 0 Å². The Morgan fingerprint density at radius 1 is 1.33 bits per heavy atom. The highest BCUT2D eigenvalue weighted by molar-refractivity contribution is 6.32. The molecular formula is C21H20ClNO4. The molecule has 6 heteroatoms. The number of ether oxygens (including phenoxy) is 1. The van der Waals surface area contributed by atoms with Crippen molar-refractivity contribution in [3.63, 3.8) is 0 Å². The molecular weight excluding hydrogens is 366 g/mol. The molecule has 1 aliphatic heterocycles. The zero-order valence-electron chi connectivity index (χ0n) is 14.9. The normalized spacial score (nSPS) is 14.1. The molecule has 1 saturated heterocycles. The molecule has 0 aliphatic carbocycles. The number of anilines is 1. The zero-order valence-corrected chi connectivity index (χ0v) is 15.7. The van der Waals surface area contributed by atoms with E-state index in [-0.39, 0.29) is 28.2 Å². The molecule has 0 aromatic heterocycles. The number of amides is 1. The van der Waals surface area contributed by atoms with E-state index in [1.807, 2.05) is 6.07 Å². The third kappa shape index (κ3) is 4.31. The first-order valence-electron chi connectivity index (χ1n) is 8.77. The second kappa shape index (κ2) is 8.27. The average molecular weight is 386 g/mol. The van der Waals surface area contributed by atoms with Crippen molar-refractivity contribution in [2.24, 2.45) is 0 Å². The summed E-state index contributed by atoms with van der Waals surface area (Å²) in [4.78, 5) is 26.1. The van der Waals surface area contributed by atoms with Gasteiger partial charge in [-0.05, 0) is 49.2 Å². The summed E-state index contributed by atoms with van der Waals surface area (Å²) in [5.41, 5.74) is 1.88. The smallest absolute Gasteiger partial charge is 0.227 e. The first kappa shape index (κ1) is 19.0. The van der Waals surface area contributed by atoms with Crippen molar-refractivity contribution in [1.29, 1.82) is 0 Å². The fourth-order valence-corrected chi connectivity index (χ4v) is 3.19. The molecule has 1 aliphatic rings. The Labute approximate surface area is 162 Å². The number of aromatic hydroxyl groups is 1. The summed E-state index contributed by atoms with van der Waals surface area (Å²) in [5, 5.41) is 10.0. The highest BCUT2D eigenvalue weighted by atomic mass is 35.5. The molecule has 1 amide bonds. The Hall–Kier alpha value is -2.79. The fourth-order valence-electron chi connectivity index (χ4n) is 2.97. The van der Waals surface area contributed by atoms with Gasteiger partial charge in [0, 0.05) is 24.2 Å². The summed E-state index contributed by atoms with van der Waals surface area (Å²) in [6, 6.07) is 10.2. The molecule has 1 heterocycles. The van der Waals surface area contributed by atoms with E-state index in [0.29, 0.717) is 30.7 Å². The van der Waals surface area contributed by atoms with Crippen LogP contribution in [0.4, 0.5) is 5.69 Å². The summed E-state index contributed by atoms with van der Waals surface area (Å²) in [5.74, 6) is 0.0413. The zero-order chi connectivity index (χ0) is 19.4. The standard InChI is InChI=1S/C21H20ClNO4/c1-2-27-19-12-14(11-17(22)21(19)26)8-9-18(24)15-5-3-6-16(13-15)23-10-4-7-20(23)25/h3,5-6,8-9,11-13,26H,2,4,7,10H2,1H3/b9-8+. The lowest BCUT2D eigenvalue weighted by atomic mass is 10.1. The number of hydrogen-bond donors (Lipinski definition) is 1. The highest BCUT2D eigenvalue weighted by Gasteiger charge is 2.22. The minimum Gasteiger partial charge on any atom is -0.503 e. The van der Waals surface area contributed by atoms with Crippen molar-refractivity contribution < 1.29 is 19.4 Å². The van der Waals surface area contributed by atoms with Crippen molar-refractivity contribution in [1.82, 2.24) is 0 Å². The monoisotopic (exact) mass is 385 g/mol. The van der Waals surface area contributed by atoms with Crippen molar-refractivity contribution in [2.75, 3.05) is 18.1 Å². The summed E-state index contributed by atoms with van der Waals surface area (Å²) >= 11 is 6.01. The maximum atomic E-state index is 12.5. The predicted molar refractivity (Wildman–Crippen MR) is 106 cm³/mol. The summed E-state index contributed by atoms with van der Waals surface area (Å²) in [7, 11) is 0. The SMILES string of the molecule is CCOc1cc(/C=C/C(=O)c2cccc(N3CCCC3=O)c2)cc(Cl)c1O. The lowest BCUT2D eigenvalue weighted by Crippen LogP contribution is -2.23. The van der Waals surface area contributed by atoms with Gasteiger partial charge in [0.2, 0.25) is 5.91 Å². The molecule has 0 atom stereocenters. The molecule has 140 valence electrons. The molecule has 0 saturated carbocycles. The maximum Gasteiger partial charge on any atom is 0.227 e. The molecule has 2 aromatic carbocycles. The highest BCUT2D eigenvalue weighted by Crippen LogP contribution is 2.35. The van der Waals surface area contributed by atoms with E-state index in [9.17, 15) is 14.7 Å². The van der Waals surface area contributed by atoms with Crippen molar-refractivity contribution >= 4 is 35.1 Å². The van der Waals surface area contributed by atoms with Crippen LogP contribution >= 0.6 is 11.6 Å². The van der Waals surface area contributed by atoms with Gasteiger partial charge in [-0.3, -0.25) is 9.59 Å². The molecule has 2 aromatic rings. The van der Waals surface area contributed by atoms with Crippen LogP contribution in [0.15, 0.2) is 42.5 Å². The number of phenolic OH excluding ortho intramolecular Hbond substituents is 1. The number of nitrogens with zero attached hydrogens (tertiary/aromatic N) is 1. The molecule has 1 fully saturated rings. The second-order valence-corrected chi connectivity index (χ2v) is 6.59. The molecule has 5 nitrogen and oxygen atoms in total. The van der Waals surface area contributed by atoms with E-state index in [0.717, 1.165) is 12.1 Å². The number of hydrogen-bond acceptors (Lipinski definition) is 4. The summed E-state index contributed by atoms with van der Waals surface area (Å²) in [6.45, 7) is 2.87. The molecule has 0 radical (unpaired) electrons. The molecule has 0 bridgehead atoms. The molecule has 27 heavy (non-hydrogen) atoms. The number of benzene rings is 2. The number of phenols is 1. The quantitative estimate of drug-likeness (QED) is 0.588. The van der Waals surface area contributed by atoms with Crippen molar-refractivity contribution in [3.8, 4) is 11.5 Å². The fraction of sp³-hybridized carbons (Fsp3) is 0.238. The number of halogens is 1. The number of carbonyl (C=O) groups is 2. The first-order valence-corrected chi connectivity index (χ1v) is 9.15. The minimum atomic E-state index is -0.189. The number of ketones is 1. The minimum absolute atomic E-state index is 0.0809. The van der Waals surface area contributed by atoms with Gasteiger partial charge in [-0.2, -0.15) is 0 Å². The van der Waals surface area contributed by atoms with E-state index < -0.39 is 0 Å². The van der Waals surface area contributed by atoms with Gasteiger partial charge in [-0.1, -0.05) is 29.8 Å². The lowest BCUT2D eigenvalue weighted by molar-refractivity contribution is -0.117. The van der Waals surface area contributed by atoms with E-state index in [4.69, 9.17) is 16.3 Å². The van der Waals surface area contributed by atoms with Gasteiger partial charge in [-0.15, -0.1) is 0 Å². The van der Waals surface area contributed by atoms with Crippen LogP contribution in [-0.2, 0) is 4.79 Å². The molecule has 0 spiro atoms. The Kier molecular flexibility index (Phi) is 5.81. The first-order chi connectivity index (χ1) is 13.0. The van der Waals surface area contributed by atoms with Crippen LogP contribution in [0.25, 0.3) is 6.08 Å². The Morgan fingerprint density at radius 2 is 2.15 bits per heavy atom. The lowest BCUT2D eigenvalue weighted by Gasteiger charge is -2.16. The predicted octanol–water partition coefficient (Wildman–Crippen LogP) is 4.47. The number of carbonyl (C=O) groups excluding carboxylic acids is 2. The molecule has 1 N–H and O–H groups in total. The van der Waals surface area contributed by atoms with Gasteiger partial charge in [0.05, 0.1) is 11.6 Å². The van der Waals surface area contributed by atoms with Crippen LogP contribution < -0.4 is 9.64 Å². The third-order valence-corrected chi connectivity index (χ3v) is 4.58. The number of allylic oxidation sites excluding steroid dienone is 1. The van der Waals surface area contributed by atoms with Crippen LogP contribution in [0.1, 0.15) is 35.7 Å². The van der Waals surface area contributed by atoms with Crippen LogP contribution in [-0.4, -0.2) is 29.9 Å². The van der Waals surface area contributed by atoms with Gasteiger partial charge in [0.15, 0.2) is 17.3 Å². The Bertz CT molecular complexity index is 907. The van der Waals surface area contributed by atoms with Crippen molar-refractivity contribution in [3.05, 3.63) is 58.6 Å². The van der Waals surface area contributed by atoms with Gasteiger partial charge in [-0.25, -0.2) is 0 Å².